The maximum atomic E-state index is 2.61. The summed E-state index contributed by atoms with van der Waals surface area (Å²) in [7, 11) is 0. The molecule has 1 aliphatic rings. The summed E-state index contributed by atoms with van der Waals surface area (Å²) in [6.07, 6.45) is 3.97. The molecule has 0 radical (unpaired) electrons. The van der Waals surface area contributed by atoms with Crippen LogP contribution in [0.15, 0.2) is 24.3 Å². The van der Waals surface area contributed by atoms with E-state index in [1.54, 1.807) is 0 Å². The summed E-state index contributed by atoms with van der Waals surface area (Å²) in [5, 5.41) is 0. The van der Waals surface area contributed by atoms with E-state index in [4.69, 9.17) is 0 Å². The van der Waals surface area contributed by atoms with E-state index in [0.717, 1.165) is 6.04 Å². The SMILES string of the molecule is Cc1ccc(CCN2CCC[C@H]2C)cc1. The lowest BCUT2D eigenvalue weighted by atomic mass is 10.1. The van der Waals surface area contributed by atoms with Crippen LogP contribution in [-0.2, 0) is 6.42 Å². The van der Waals surface area contributed by atoms with E-state index in [9.17, 15) is 0 Å². The van der Waals surface area contributed by atoms with Crippen molar-refractivity contribution in [3.63, 3.8) is 0 Å². The van der Waals surface area contributed by atoms with Gasteiger partial charge >= 0.3 is 0 Å². The van der Waals surface area contributed by atoms with Crippen molar-refractivity contribution in [1.82, 2.24) is 4.90 Å². The zero-order valence-corrected chi connectivity index (χ0v) is 9.87. The molecule has 0 aromatic heterocycles. The third kappa shape index (κ3) is 2.82. The summed E-state index contributed by atoms with van der Waals surface area (Å²) in [6.45, 7) is 7.02. The second-order valence-electron chi connectivity index (χ2n) is 4.76. The third-order valence-corrected chi connectivity index (χ3v) is 3.50. The fraction of sp³-hybridized carbons (Fsp3) is 0.571. The molecule has 0 N–H and O–H groups in total. The van der Waals surface area contributed by atoms with Crippen molar-refractivity contribution in [2.75, 3.05) is 13.1 Å². The summed E-state index contributed by atoms with van der Waals surface area (Å²) in [5.74, 6) is 0. The highest BCUT2D eigenvalue weighted by Crippen LogP contribution is 2.16. The number of aryl methyl sites for hydroxylation is 1. The number of likely N-dealkylation sites (tertiary alicyclic amines) is 1. The Morgan fingerprint density at radius 1 is 1.27 bits per heavy atom. The quantitative estimate of drug-likeness (QED) is 0.730. The largest absolute Gasteiger partial charge is 0.300 e. The van der Waals surface area contributed by atoms with Crippen LogP contribution in [0.1, 0.15) is 30.9 Å². The summed E-state index contributed by atoms with van der Waals surface area (Å²) in [5.41, 5.74) is 2.83. The number of rotatable bonds is 3. The van der Waals surface area contributed by atoms with Gasteiger partial charge in [0.15, 0.2) is 0 Å². The van der Waals surface area contributed by atoms with Crippen LogP contribution in [0.25, 0.3) is 0 Å². The van der Waals surface area contributed by atoms with Gasteiger partial charge in [0.25, 0.3) is 0 Å². The first-order valence-electron chi connectivity index (χ1n) is 6.05. The summed E-state index contributed by atoms with van der Waals surface area (Å²) in [6, 6.07) is 9.74. The standard InChI is InChI=1S/C14H21N/c1-12-5-7-14(8-6-12)9-11-15-10-3-4-13(15)2/h5-8,13H,3-4,9-11H2,1-2H3/t13-/m1/s1. The molecule has 1 aliphatic heterocycles. The minimum absolute atomic E-state index is 0.801. The fourth-order valence-corrected chi connectivity index (χ4v) is 2.35. The van der Waals surface area contributed by atoms with Crippen LogP contribution in [0.5, 0.6) is 0 Å². The highest BCUT2D eigenvalue weighted by atomic mass is 15.2. The Hall–Kier alpha value is -0.820. The first-order chi connectivity index (χ1) is 7.25. The first kappa shape index (κ1) is 10.7. The number of hydrogen-bond donors (Lipinski definition) is 0. The summed E-state index contributed by atoms with van der Waals surface area (Å²) >= 11 is 0. The van der Waals surface area contributed by atoms with Crippen LogP contribution in [0.4, 0.5) is 0 Å². The van der Waals surface area contributed by atoms with E-state index in [1.165, 1.54) is 43.5 Å². The van der Waals surface area contributed by atoms with E-state index in [0.29, 0.717) is 0 Å². The van der Waals surface area contributed by atoms with E-state index in [1.807, 2.05) is 0 Å². The highest BCUT2D eigenvalue weighted by Gasteiger charge is 2.19. The Bertz CT molecular complexity index is 302. The molecule has 82 valence electrons. The molecule has 0 aliphatic carbocycles. The van der Waals surface area contributed by atoms with Crippen molar-refractivity contribution in [2.24, 2.45) is 0 Å². The van der Waals surface area contributed by atoms with Crippen molar-refractivity contribution in [1.29, 1.82) is 0 Å². The van der Waals surface area contributed by atoms with Crippen LogP contribution in [-0.4, -0.2) is 24.0 Å². The zero-order valence-electron chi connectivity index (χ0n) is 9.87. The van der Waals surface area contributed by atoms with Crippen LogP contribution in [0.2, 0.25) is 0 Å². The molecule has 1 aromatic carbocycles. The van der Waals surface area contributed by atoms with Crippen molar-refractivity contribution < 1.29 is 0 Å². The van der Waals surface area contributed by atoms with E-state index in [2.05, 4.69) is 43.0 Å². The predicted molar refractivity (Wildman–Crippen MR) is 65.2 cm³/mol. The fourth-order valence-electron chi connectivity index (χ4n) is 2.35. The van der Waals surface area contributed by atoms with Crippen LogP contribution in [0.3, 0.4) is 0 Å². The molecule has 1 heteroatoms. The van der Waals surface area contributed by atoms with Gasteiger partial charge in [0.1, 0.15) is 0 Å². The van der Waals surface area contributed by atoms with Gasteiger partial charge in [-0.05, 0) is 45.2 Å². The minimum atomic E-state index is 0.801. The molecule has 1 nitrogen and oxygen atoms in total. The van der Waals surface area contributed by atoms with Gasteiger partial charge in [0, 0.05) is 12.6 Å². The molecule has 0 spiro atoms. The monoisotopic (exact) mass is 203 g/mol. The second-order valence-corrected chi connectivity index (χ2v) is 4.76. The molecule has 15 heavy (non-hydrogen) atoms. The number of benzene rings is 1. The van der Waals surface area contributed by atoms with Crippen LogP contribution >= 0.6 is 0 Å². The Kier molecular flexibility index (Phi) is 3.42. The average Bonchev–Trinajstić information content (AvgIpc) is 2.63. The normalized spacial score (nSPS) is 22.1. The molecule has 1 saturated heterocycles. The summed E-state index contributed by atoms with van der Waals surface area (Å²) < 4.78 is 0. The molecule has 0 amide bonds. The van der Waals surface area contributed by atoms with Crippen LogP contribution in [0, 0.1) is 6.92 Å². The van der Waals surface area contributed by atoms with E-state index >= 15 is 0 Å². The van der Waals surface area contributed by atoms with Crippen molar-refractivity contribution >= 4 is 0 Å². The number of hydrogen-bond acceptors (Lipinski definition) is 1. The predicted octanol–water partition coefficient (Wildman–Crippen LogP) is 3.02. The number of nitrogens with zero attached hydrogens (tertiary/aromatic N) is 1. The van der Waals surface area contributed by atoms with Gasteiger partial charge in [-0.3, -0.25) is 0 Å². The molecule has 0 saturated carbocycles. The average molecular weight is 203 g/mol. The second kappa shape index (κ2) is 4.80. The molecule has 0 unspecified atom stereocenters. The molecule has 2 rings (SSSR count). The molecular formula is C14H21N. The third-order valence-electron chi connectivity index (χ3n) is 3.50. The molecule has 0 bridgehead atoms. The van der Waals surface area contributed by atoms with Gasteiger partial charge in [-0.15, -0.1) is 0 Å². The van der Waals surface area contributed by atoms with Crippen LogP contribution < -0.4 is 0 Å². The lowest BCUT2D eigenvalue weighted by molar-refractivity contribution is 0.272. The van der Waals surface area contributed by atoms with Crippen molar-refractivity contribution in [3.05, 3.63) is 35.4 Å². The maximum absolute atomic E-state index is 2.61. The molecule has 1 aromatic rings. The lowest BCUT2D eigenvalue weighted by Crippen LogP contribution is -2.28. The zero-order chi connectivity index (χ0) is 10.7. The van der Waals surface area contributed by atoms with Gasteiger partial charge in [-0.1, -0.05) is 29.8 Å². The Balaban J connectivity index is 1.85. The van der Waals surface area contributed by atoms with Gasteiger partial charge in [-0.25, -0.2) is 0 Å². The van der Waals surface area contributed by atoms with E-state index < -0.39 is 0 Å². The first-order valence-corrected chi connectivity index (χ1v) is 6.05. The van der Waals surface area contributed by atoms with Gasteiger partial charge < -0.3 is 4.90 Å². The maximum Gasteiger partial charge on any atom is 0.00675 e. The Morgan fingerprint density at radius 3 is 2.60 bits per heavy atom. The molecule has 1 heterocycles. The Morgan fingerprint density at radius 2 is 2.00 bits per heavy atom. The highest BCUT2D eigenvalue weighted by molar-refractivity contribution is 5.21. The smallest absolute Gasteiger partial charge is 0.00675 e. The van der Waals surface area contributed by atoms with Gasteiger partial charge in [-0.2, -0.15) is 0 Å². The lowest BCUT2D eigenvalue weighted by Gasteiger charge is -2.20. The molecule has 1 atom stereocenters. The van der Waals surface area contributed by atoms with Crippen molar-refractivity contribution in [3.8, 4) is 0 Å². The topological polar surface area (TPSA) is 3.24 Å². The van der Waals surface area contributed by atoms with Gasteiger partial charge in [0.2, 0.25) is 0 Å². The van der Waals surface area contributed by atoms with E-state index in [-0.39, 0.29) is 0 Å². The Labute approximate surface area is 93.1 Å². The van der Waals surface area contributed by atoms with Crippen molar-refractivity contribution in [2.45, 2.75) is 39.2 Å². The minimum Gasteiger partial charge on any atom is -0.300 e. The summed E-state index contributed by atoms with van der Waals surface area (Å²) in [4.78, 5) is 2.61. The van der Waals surface area contributed by atoms with Gasteiger partial charge in [0.05, 0.1) is 0 Å². The molecular weight excluding hydrogens is 182 g/mol. The molecule has 1 fully saturated rings.